The van der Waals surface area contributed by atoms with Crippen molar-refractivity contribution in [2.45, 2.75) is 43.3 Å². The fourth-order valence-electron chi connectivity index (χ4n) is 5.12. The lowest BCUT2D eigenvalue weighted by Crippen LogP contribution is -2.47. The van der Waals surface area contributed by atoms with Crippen LogP contribution in [0.2, 0.25) is 5.28 Å². The van der Waals surface area contributed by atoms with E-state index in [0.717, 1.165) is 18.9 Å². The zero-order valence-electron chi connectivity index (χ0n) is 15.9. The third-order valence-corrected chi connectivity index (χ3v) is 6.90. The summed E-state index contributed by atoms with van der Waals surface area (Å²) in [6.07, 6.45) is 3.11. The summed E-state index contributed by atoms with van der Waals surface area (Å²) in [5.41, 5.74) is -1.39. The normalized spacial score (nSPS) is 36.8. The Hall–Kier alpha value is -1.78. The van der Waals surface area contributed by atoms with Crippen molar-refractivity contribution in [3.63, 3.8) is 0 Å². The van der Waals surface area contributed by atoms with Gasteiger partial charge in [-0.1, -0.05) is 12.5 Å². The van der Waals surface area contributed by atoms with Crippen molar-refractivity contribution < 1.29 is 20.1 Å². The summed E-state index contributed by atoms with van der Waals surface area (Å²) in [6, 6.07) is 0. The molecule has 6 atom stereocenters. The van der Waals surface area contributed by atoms with E-state index < -0.39 is 30.6 Å². The lowest BCUT2D eigenvalue weighted by Gasteiger charge is -2.26. The maximum absolute atomic E-state index is 10.7. The maximum Gasteiger partial charge on any atom is 0.226 e. The molecule has 3 fully saturated rings. The van der Waals surface area contributed by atoms with Crippen LogP contribution in [-0.2, 0) is 4.74 Å². The summed E-state index contributed by atoms with van der Waals surface area (Å²) in [5.74, 6) is 2.09. The van der Waals surface area contributed by atoms with Gasteiger partial charge in [-0.05, 0) is 36.3 Å². The third-order valence-electron chi connectivity index (χ3n) is 6.73. The molecule has 2 aromatic rings. The van der Waals surface area contributed by atoms with Crippen LogP contribution in [0.25, 0.3) is 11.0 Å². The monoisotopic (exact) mass is 421 g/mol. The Kier molecular flexibility index (Phi) is 4.56. The van der Waals surface area contributed by atoms with Crippen LogP contribution in [0.1, 0.15) is 25.5 Å². The first-order valence-electron chi connectivity index (χ1n) is 9.92. The van der Waals surface area contributed by atoms with Gasteiger partial charge in [0.05, 0.1) is 18.2 Å². The second-order valence-electron chi connectivity index (χ2n) is 8.23. The molecule has 1 saturated carbocycles. The molecular weight excluding hydrogens is 398 g/mol. The highest BCUT2D eigenvalue weighted by molar-refractivity contribution is 6.28. The van der Waals surface area contributed by atoms with Crippen LogP contribution in [0.4, 0.5) is 5.82 Å². The van der Waals surface area contributed by atoms with Crippen LogP contribution < -0.4 is 4.90 Å². The molecule has 0 amide bonds. The Balaban J connectivity index is 1.54. The van der Waals surface area contributed by atoms with Gasteiger partial charge >= 0.3 is 0 Å². The number of halogens is 1. The zero-order valence-corrected chi connectivity index (χ0v) is 16.6. The van der Waals surface area contributed by atoms with Crippen LogP contribution >= 0.6 is 11.6 Å². The van der Waals surface area contributed by atoms with Crippen molar-refractivity contribution in [1.29, 1.82) is 0 Å². The number of ether oxygens (including phenoxy) is 1. The van der Waals surface area contributed by atoms with Crippen LogP contribution in [0.15, 0.2) is 18.9 Å². The zero-order chi connectivity index (χ0) is 20.3. The number of aliphatic hydroxyl groups is 3. The van der Waals surface area contributed by atoms with Gasteiger partial charge in [0.15, 0.2) is 11.9 Å². The Morgan fingerprint density at radius 2 is 2.03 bits per heavy atom. The molecule has 0 radical (unpaired) electrons. The molecule has 9 nitrogen and oxygen atoms in total. The minimum absolute atomic E-state index is 0.0801. The Bertz CT molecular complexity index is 942. The van der Waals surface area contributed by atoms with Crippen molar-refractivity contribution >= 4 is 28.5 Å². The number of anilines is 1. The fraction of sp³-hybridized carbons (Fsp3) is 0.632. The molecule has 156 valence electrons. The maximum atomic E-state index is 10.7. The van der Waals surface area contributed by atoms with E-state index in [1.165, 1.54) is 30.0 Å². The number of aromatic nitrogens is 4. The van der Waals surface area contributed by atoms with Crippen LogP contribution in [0.3, 0.4) is 0 Å². The molecule has 5 rings (SSSR count). The molecule has 2 aromatic heterocycles. The van der Waals surface area contributed by atoms with E-state index in [9.17, 15) is 15.3 Å². The number of hydrogen-bond acceptors (Lipinski definition) is 8. The molecule has 2 saturated heterocycles. The fourth-order valence-corrected chi connectivity index (χ4v) is 5.28. The Morgan fingerprint density at radius 1 is 1.31 bits per heavy atom. The highest BCUT2D eigenvalue weighted by atomic mass is 35.5. The molecule has 1 aliphatic carbocycles. The summed E-state index contributed by atoms with van der Waals surface area (Å²) >= 11 is 6.24. The van der Waals surface area contributed by atoms with Gasteiger partial charge in [0, 0.05) is 13.1 Å². The molecule has 10 heteroatoms. The predicted octanol–water partition coefficient (Wildman–Crippen LogP) is 0.884. The lowest BCUT2D eigenvalue weighted by molar-refractivity contribution is -0.0661. The molecule has 0 unspecified atom stereocenters. The van der Waals surface area contributed by atoms with Gasteiger partial charge in [-0.3, -0.25) is 0 Å². The third kappa shape index (κ3) is 2.79. The largest absolute Gasteiger partial charge is 0.394 e. The smallest absolute Gasteiger partial charge is 0.226 e. The van der Waals surface area contributed by atoms with E-state index >= 15 is 0 Å². The van der Waals surface area contributed by atoms with Crippen molar-refractivity contribution in [2.75, 3.05) is 24.6 Å². The second-order valence-corrected chi connectivity index (χ2v) is 8.57. The standard InChI is InChI=1S/C19H24ClN5O4/c1-2-19(28)13(9-26)29-17(14(19)27)25-16-12(6-21-25)15(22-18(20)23-16)24-7-10-4-3-5-11(10)8-24/h2,6,10-11,13-14,17,26-28H,1,3-5,7-9H2/t10-,11+,13-,14+,17-,19-/m1/s1. The van der Waals surface area contributed by atoms with E-state index in [-0.39, 0.29) is 5.28 Å². The molecule has 0 aromatic carbocycles. The molecule has 29 heavy (non-hydrogen) atoms. The molecule has 0 spiro atoms. The number of fused-ring (bicyclic) bond motifs is 2. The summed E-state index contributed by atoms with van der Waals surface area (Å²) in [7, 11) is 0. The Morgan fingerprint density at radius 3 is 2.66 bits per heavy atom. The molecule has 0 bridgehead atoms. The van der Waals surface area contributed by atoms with Gasteiger partial charge in [0.1, 0.15) is 23.6 Å². The average molecular weight is 422 g/mol. The average Bonchev–Trinajstić information content (AvgIpc) is 3.45. The summed E-state index contributed by atoms with van der Waals surface area (Å²) in [5, 5.41) is 36.1. The van der Waals surface area contributed by atoms with Crippen LogP contribution in [-0.4, -0.2) is 72.6 Å². The first kappa shape index (κ1) is 19.2. The predicted molar refractivity (Wildman–Crippen MR) is 106 cm³/mol. The van der Waals surface area contributed by atoms with Crippen molar-refractivity contribution in [1.82, 2.24) is 19.7 Å². The Labute approximate surface area is 172 Å². The topological polar surface area (TPSA) is 117 Å². The highest BCUT2D eigenvalue weighted by Gasteiger charge is 2.54. The molecular formula is C19H24ClN5O4. The van der Waals surface area contributed by atoms with E-state index in [1.54, 1.807) is 6.20 Å². The van der Waals surface area contributed by atoms with Gasteiger partial charge in [-0.2, -0.15) is 15.1 Å². The van der Waals surface area contributed by atoms with Gasteiger partial charge in [-0.25, -0.2) is 4.68 Å². The van der Waals surface area contributed by atoms with Crippen LogP contribution in [0.5, 0.6) is 0 Å². The highest BCUT2D eigenvalue weighted by Crippen LogP contribution is 2.42. The van der Waals surface area contributed by atoms with Crippen molar-refractivity contribution in [3.05, 3.63) is 24.1 Å². The SMILES string of the molecule is C=C[C@@]1(O)[C@@H](CO)O[C@@H](n2ncc3c(N4C[C@H]5CCC[C@H]5C4)nc(Cl)nc32)[C@@H]1O. The van der Waals surface area contributed by atoms with E-state index in [0.29, 0.717) is 22.9 Å². The summed E-state index contributed by atoms with van der Waals surface area (Å²) in [6.45, 7) is 4.95. The van der Waals surface area contributed by atoms with Crippen molar-refractivity contribution in [3.8, 4) is 0 Å². The quantitative estimate of drug-likeness (QED) is 0.492. The van der Waals surface area contributed by atoms with E-state index in [1.807, 2.05) is 0 Å². The van der Waals surface area contributed by atoms with Gasteiger partial charge in [0.25, 0.3) is 0 Å². The first-order valence-corrected chi connectivity index (χ1v) is 10.3. The molecule has 2 aliphatic heterocycles. The number of nitrogens with zero attached hydrogens (tertiary/aromatic N) is 5. The molecule has 3 aliphatic rings. The van der Waals surface area contributed by atoms with Gasteiger partial charge in [0.2, 0.25) is 5.28 Å². The first-order chi connectivity index (χ1) is 14.0. The second kappa shape index (κ2) is 6.88. The number of rotatable bonds is 4. The van der Waals surface area contributed by atoms with Crippen molar-refractivity contribution in [2.24, 2.45) is 11.8 Å². The summed E-state index contributed by atoms with van der Waals surface area (Å²) in [4.78, 5) is 11.0. The van der Waals surface area contributed by atoms with Gasteiger partial charge in [-0.15, -0.1) is 6.58 Å². The number of aliphatic hydroxyl groups excluding tert-OH is 2. The minimum Gasteiger partial charge on any atom is -0.394 e. The molecule has 4 heterocycles. The summed E-state index contributed by atoms with van der Waals surface area (Å²) < 4.78 is 7.10. The van der Waals surface area contributed by atoms with Crippen LogP contribution in [0, 0.1) is 11.8 Å². The lowest BCUT2D eigenvalue weighted by atomic mass is 9.93. The minimum atomic E-state index is -1.80. The number of hydrogen-bond donors (Lipinski definition) is 3. The van der Waals surface area contributed by atoms with E-state index in [2.05, 4.69) is 26.5 Å². The molecule has 3 N–H and O–H groups in total. The van der Waals surface area contributed by atoms with E-state index in [4.69, 9.17) is 16.3 Å². The van der Waals surface area contributed by atoms with Gasteiger partial charge < -0.3 is 25.0 Å².